The first-order valence-corrected chi connectivity index (χ1v) is 5.10. The first-order valence-electron chi connectivity index (χ1n) is 4.65. The molecule has 0 spiro atoms. The molecular formula is C10H11NO3S. The van der Waals surface area contributed by atoms with E-state index in [9.17, 15) is 4.79 Å². The third-order valence-corrected chi connectivity index (χ3v) is 2.11. The van der Waals surface area contributed by atoms with Crippen LogP contribution in [0.1, 0.15) is 6.42 Å². The number of rotatable bonds is 1. The van der Waals surface area contributed by atoms with Gasteiger partial charge in [0.15, 0.2) is 11.5 Å². The van der Waals surface area contributed by atoms with E-state index in [2.05, 4.69) is 17.9 Å². The van der Waals surface area contributed by atoms with E-state index in [-0.39, 0.29) is 0 Å². The van der Waals surface area contributed by atoms with Crippen LogP contribution < -0.4 is 14.8 Å². The smallest absolute Gasteiger partial charge is 0.280 e. The fraction of sp³-hybridized carbons (Fsp3) is 0.300. The first-order chi connectivity index (χ1) is 7.25. The standard InChI is InChI=1S/C10H11NO3S/c12-10(15)11-7-2-3-8-9(6-7)14-5-1-4-13-8/h2-3,6H,1,4-5H2,(H2,11,12,15). The van der Waals surface area contributed by atoms with Gasteiger partial charge in [-0.15, -0.1) is 0 Å². The van der Waals surface area contributed by atoms with E-state index in [4.69, 9.17) is 9.47 Å². The Morgan fingerprint density at radius 3 is 2.73 bits per heavy atom. The lowest BCUT2D eigenvalue weighted by molar-refractivity contribution is 0.270. The van der Waals surface area contributed by atoms with Crippen LogP contribution in [0.2, 0.25) is 0 Å². The monoisotopic (exact) mass is 225 g/mol. The molecule has 0 bridgehead atoms. The van der Waals surface area contributed by atoms with E-state index in [1.54, 1.807) is 18.2 Å². The highest BCUT2D eigenvalue weighted by molar-refractivity contribution is 7.96. The second kappa shape index (κ2) is 4.44. The van der Waals surface area contributed by atoms with Crippen LogP contribution in [0.15, 0.2) is 18.2 Å². The Labute approximate surface area is 93.0 Å². The number of hydrogen-bond acceptors (Lipinski definition) is 3. The molecule has 1 heterocycles. The minimum Gasteiger partial charge on any atom is -0.490 e. The van der Waals surface area contributed by atoms with Crippen molar-refractivity contribution in [2.75, 3.05) is 18.5 Å². The number of anilines is 1. The molecule has 1 aromatic carbocycles. The number of carbonyl (C=O) groups is 1. The average Bonchev–Trinajstić information content (AvgIpc) is 2.41. The Morgan fingerprint density at radius 1 is 1.27 bits per heavy atom. The molecule has 0 unspecified atom stereocenters. The number of thiol groups is 1. The van der Waals surface area contributed by atoms with Crippen molar-refractivity contribution in [3.63, 3.8) is 0 Å². The summed E-state index contributed by atoms with van der Waals surface area (Å²) in [5.74, 6) is 1.37. The Morgan fingerprint density at radius 2 is 2.00 bits per heavy atom. The summed E-state index contributed by atoms with van der Waals surface area (Å²) in [6.07, 6.45) is 0.864. The summed E-state index contributed by atoms with van der Waals surface area (Å²) in [4.78, 5) is 10.7. The summed E-state index contributed by atoms with van der Waals surface area (Å²) in [7, 11) is 0. The van der Waals surface area contributed by atoms with E-state index >= 15 is 0 Å². The van der Waals surface area contributed by atoms with Gasteiger partial charge in [0.2, 0.25) is 0 Å². The number of ether oxygens (including phenoxy) is 2. The van der Waals surface area contributed by atoms with E-state index in [1.165, 1.54) is 0 Å². The largest absolute Gasteiger partial charge is 0.490 e. The highest BCUT2D eigenvalue weighted by Crippen LogP contribution is 2.32. The molecule has 0 aromatic heterocycles. The van der Waals surface area contributed by atoms with E-state index in [0.29, 0.717) is 30.4 Å². The third-order valence-electron chi connectivity index (χ3n) is 2.00. The lowest BCUT2D eigenvalue weighted by atomic mass is 10.3. The summed E-state index contributed by atoms with van der Waals surface area (Å²) in [6.45, 7) is 1.29. The minimum atomic E-state index is -0.399. The molecule has 4 nitrogen and oxygen atoms in total. The zero-order valence-electron chi connectivity index (χ0n) is 8.03. The van der Waals surface area contributed by atoms with Crippen LogP contribution in [-0.4, -0.2) is 18.5 Å². The van der Waals surface area contributed by atoms with Gasteiger partial charge in [-0.05, 0) is 12.1 Å². The van der Waals surface area contributed by atoms with Gasteiger partial charge in [0.1, 0.15) is 0 Å². The maximum atomic E-state index is 10.7. The number of amides is 1. The number of carbonyl (C=O) groups excluding carboxylic acids is 1. The highest BCUT2D eigenvalue weighted by atomic mass is 32.1. The fourth-order valence-electron chi connectivity index (χ4n) is 1.36. The van der Waals surface area contributed by atoms with E-state index in [1.807, 2.05) is 0 Å². The molecule has 0 atom stereocenters. The summed E-state index contributed by atoms with van der Waals surface area (Å²) < 4.78 is 10.9. The molecular weight excluding hydrogens is 214 g/mol. The van der Waals surface area contributed by atoms with Crippen LogP contribution in [0, 0.1) is 0 Å². The van der Waals surface area contributed by atoms with Gasteiger partial charge in [0.05, 0.1) is 13.2 Å². The molecule has 1 aliphatic rings. The van der Waals surface area contributed by atoms with Crippen molar-refractivity contribution in [2.45, 2.75) is 6.42 Å². The molecule has 1 N–H and O–H groups in total. The lowest BCUT2D eigenvalue weighted by Gasteiger charge is -2.08. The molecule has 1 amide bonds. The molecule has 1 aliphatic heterocycles. The van der Waals surface area contributed by atoms with Crippen LogP contribution in [0.25, 0.3) is 0 Å². The van der Waals surface area contributed by atoms with Crippen molar-refractivity contribution in [3.8, 4) is 11.5 Å². The predicted octanol–water partition coefficient (Wildman–Crippen LogP) is 2.31. The summed E-state index contributed by atoms with van der Waals surface area (Å²) >= 11 is 3.63. The first kappa shape index (κ1) is 10.2. The average molecular weight is 225 g/mol. The zero-order chi connectivity index (χ0) is 10.7. The molecule has 0 radical (unpaired) electrons. The van der Waals surface area contributed by atoms with Crippen molar-refractivity contribution in [1.29, 1.82) is 0 Å². The Balaban J connectivity index is 2.23. The van der Waals surface area contributed by atoms with Crippen LogP contribution in [-0.2, 0) is 0 Å². The topological polar surface area (TPSA) is 47.6 Å². The summed E-state index contributed by atoms with van der Waals surface area (Å²) in [5, 5.41) is 2.17. The van der Waals surface area contributed by atoms with Gasteiger partial charge in [-0.25, -0.2) is 0 Å². The summed E-state index contributed by atoms with van der Waals surface area (Å²) in [5.41, 5.74) is 0.652. The van der Waals surface area contributed by atoms with Crippen LogP contribution in [0.3, 0.4) is 0 Å². The van der Waals surface area contributed by atoms with Gasteiger partial charge in [-0.3, -0.25) is 4.79 Å². The molecule has 80 valence electrons. The van der Waals surface area contributed by atoms with E-state index in [0.717, 1.165) is 6.42 Å². The Bertz CT molecular complexity index is 381. The maximum absolute atomic E-state index is 10.7. The normalized spacial score (nSPS) is 14.2. The Kier molecular flexibility index (Phi) is 3.01. The molecule has 0 fully saturated rings. The minimum absolute atomic E-state index is 0.399. The fourth-order valence-corrected chi connectivity index (χ4v) is 1.49. The molecule has 15 heavy (non-hydrogen) atoms. The van der Waals surface area contributed by atoms with Crippen LogP contribution in [0.4, 0.5) is 10.5 Å². The molecule has 0 aliphatic carbocycles. The SMILES string of the molecule is O=C(S)Nc1ccc2c(c1)OCCCO2. The molecule has 0 saturated carbocycles. The highest BCUT2D eigenvalue weighted by Gasteiger charge is 2.10. The molecule has 0 saturated heterocycles. The predicted molar refractivity (Wildman–Crippen MR) is 60.1 cm³/mol. The van der Waals surface area contributed by atoms with Crippen LogP contribution in [0.5, 0.6) is 11.5 Å². The second-order valence-corrected chi connectivity index (χ2v) is 3.55. The number of hydrogen-bond donors (Lipinski definition) is 2. The van der Waals surface area contributed by atoms with Gasteiger partial charge in [0, 0.05) is 18.2 Å². The van der Waals surface area contributed by atoms with Gasteiger partial charge in [0.25, 0.3) is 5.24 Å². The van der Waals surface area contributed by atoms with Crippen molar-refractivity contribution in [1.82, 2.24) is 0 Å². The number of fused-ring (bicyclic) bond motifs is 1. The number of benzene rings is 1. The van der Waals surface area contributed by atoms with E-state index < -0.39 is 5.24 Å². The molecule has 1 aromatic rings. The van der Waals surface area contributed by atoms with Gasteiger partial charge >= 0.3 is 0 Å². The zero-order valence-corrected chi connectivity index (χ0v) is 8.92. The van der Waals surface area contributed by atoms with Crippen molar-refractivity contribution < 1.29 is 14.3 Å². The summed E-state index contributed by atoms with van der Waals surface area (Å²) in [6, 6.07) is 5.26. The Hall–Kier alpha value is -1.36. The van der Waals surface area contributed by atoms with Crippen LogP contribution >= 0.6 is 12.6 Å². The van der Waals surface area contributed by atoms with Crippen molar-refractivity contribution in [2.24, 2.45) is 0 Å². The van der Waals surface area contributed by atoms with Gasteiger partial charge < -0.3 is 14.8 Å². The van der Waals surface area contributed by atoms with Crippen molar-refractivity contribution in [3.05, 3.63) is 18.2 Å². The lowest BCUT2D eigenvalue weighted by Crippen LogP contribution is -2.01. The number of nitrogens with one attached hydrogen (secondary N) is 1. The second-order valence-electron chi connectivity index (χ2n) is 3.14. The molecule has 2 rings (SSSR count). The third kappa shape index (κ3) is 2.56. The van der Waals surface area contributed by atoms with Gasteiger partial charge in [-0.1, -0.05) is 12.6 Å². The van der Waals surface area contributed by atoms with Crippen molar-refractivity contribution >= 4 is 23.6 Å². The quantitative estimate of drug-likeness (QED) is 0.721. The van der Waals surface area contributed by atoms with Gasteiger partial charge in [-0.2, -0.15) is 0 Å². The maximum Gasteiger partial charge on any atom is 0.280 e. The molecule has 5 heteroatoms.